The maximum absolute atomic E-state index is 4.92. The molecule has 0 aliphatic rings. The molecule has 0 bridgehead atoms. The summed E-state index contributed by atoms with van der Waals surface area (Å²) in [6, 6.07) is 54.7. The van der Waals surface area contributed by atoms with Gasteiger partial charge in [-0.25, -0.2) is 0 Å². The molecule has 0 saturated heterocycles. The van der Waals surface area contributed by atoms with E-state index in [4.69, 9.17) is 4.98 Å². The third-order valence-electron chi connectivity index (χ3n) is 9.18. The maximum atomic E-state index is 4.92. The van der Waals surface area contributed by atoms with Crippen molar-refractivity contribution in [3.63, 3.8) is 0 Å². The number of nitrogens with zero attached hydrogens (tertiary/aromatic N) is 2. The van der Waals surface area contributed by atoms with Gasteiger partial charge < -0.3 is 0 Å². The summed E-state index contributed by atoms with van der Waals surface area (Å²) in [5, 5.41) is 9.99. The summed E-state index contributed by atoms with van der Waals surface area (Å²) in [4.78, 5) is 9.20. The van der Waals surface area contributed by atoms with Crippen LogP contribution in [-0.4, -0.2) is 9.97 Å². The molecule has 0 saturated carbocycles. The molecular weight excluding hydrogens is 556 g/mol. The van der Waals surface area contributed by atoms with E-state index in [1.165, 1.54) is 65.3 Å². The highest BCUT2D eigenvalue weighted by atomic mass is 14.7. The van der Waals surface area contributed by atoms with Crippen LogP contribution >= 0.6 is 0 Å². The van der Waals surface area contributed by atoms with E-state index >= 15 is 0 Å². The van der Waals surface area contributed by atoms with Crippen LogP contribution in [-0.2, 0) is 0 Å². The average Bonchev–Trinajstić information content (AvgIpc) is 3.14. The number of fused-ring (bicyclic) bond motifs is 5. The molecule has 9 rings (SSSR count). The monoisotopic (exact) mass is 584 g/mol. The Balaban J connectivity index is 1.37. The van der Waals surface area contributed by atoms with Crippen molar-refractivity contribution in [3.8, 4) is 44.6 Å². The molecule has 46 heavy (non-hydrogen) atoms. The fourth-order valence-corrected chi connectivity index (χ4v) is 7.07. The number of rotatable bonds is 4. The van der Waals surface area contributed by atoms with Gasteiger partial charge in [0, 0.05) is 35.3 Å². The molecule has 0 aliphatic carbocycles. The average molecular weight is 585 g/mol. The van der Waals surface area contributed by atoms with Crippen LogP contribution in [0.15, 0.2) is 170 Å². The summed E-state index contributed by atoms with van der Waals surface area (Å²) in [7, 11) is 0. The van der Waals surface area contributed by atoms with E-state index in [9.17, 15) is 0 Å². The third kappa shape index (κ3) is 4.27. The number of hydrogen-bond donors (Lipinski definition) is 0. The molecular formula is C44H28N2. The van der Waals surface area contributed by atoms with Gasteiger partial charge in [0.2, 0.25) is 0 Å². The molecule has 0 N–H and O–H groups in total. The molecule has 0 spiro atoms. The Hall–Kier alpha value is -6.12. The van der Waals surface area contributed by atoms with Crippen LogP contribution in [0.25, 0.3) is 87.7 Å². The van der Waals surface area contributed by atoms with E-state index in [-0.39, 0.29) is 0 Å². The summed E-state index contributed by atoms with van der Waals surface area (Å²) < 4.78 is 0. The lowest BCUT2D eigenvalue weighted by molar-refractivity contribution is 1.30. The zero-order chi connectivity index (χ0) is 30.5. The molecule has 7 aromatic carbocycles. The maximum Gasteiger partial charge on any atom is 0.0702 e. The van der Waals surface area contributed by atoms with Gasteiger partial charge in [0.05, 0.1) is 5.69 Å². The molecule has 0 aliphatic heterocycles. The molecule has 2 aromatic heterocycles. The first-order valence-electron chi connectivity index (χ1n) is 15.6. The van der Waals surface area contributed by atoms with Gasteiger partial charge in [-0.3, -0.25) is 9.97 Å². The van der Waals surface area contributed by atoms with E-state index < -0.39 is 0 Å². The van der Waals surface area contributed by atoms with E-state index in [2.05, 4.69) is 151 Å². The van der Waals surface area contributed by atoms with Crippen LogP contribution in [0.5, 0.6) is 0 Å². The van der Waals surface area contributed by atoms with Crippen molar-refractivity contribution in [1.29, 1.82) is 0 Å². The van der Waals surface area contributed by atoms with Crippen molar-refractivity contribution in [2.24, 2.45) is 0 Å². The second-order valence-corrected chi connectivity index (χ2v) is 11.8. The van der Waals surface area contributed by atoms with E-state index in [0.717, 1.165) is 22.4 Å². The van der Waals surface area contributed by atoms with Crippen molar-refractivity contribution < 1.29 is 0 Å². The molecule has 0 amide bonds. The van der Waals surface area contributed by atoms with Gasteiger partial charge in [-0.15, -0.1) is 0 Å². The Kier molecular flexibility index (Phi) is 6.17. The molecule has 0 fully saturated rings. The third-order valence-corrected chi connectivity index (χ3v) is 9.18. The fraction of sp³-hybridized carbons (Fsp3) is 0. The number of hydrogen-bond acceptors (Lipinski definition) is 2. The SMILES string of the molecule is c1ccc(-c2c3ccccc3c(-c3cc4ccccc4c4ccccc34)c3ccc(-c4ccc(-c5cccnc5)cn4)cc23)cc1. The van der Waals surface area contributed by atoms with Crippen LogP contribution in [0, 0.1) is 0 Å². The number of benzene rings is 7. The van der Waals surface area contributed by atoms with Gasteiger partial charge in [-0.2, -0.15) is 0 Å². The molecule has 0 radical (unpaired) electrons. The second-order valence-electron chi connectivity index (χ2n) is 11.8. The number of pyridine rings is 2. The summed E-state index contributed by atoms with van der Waals surface area (Å²) >= 11 is 0. The smallest absolute Gasteiger partial charge is 0.0702 e. The van der Waals surface area contributed by atoms with Gasteiger partial charge >= 0.3 is 0 Å². The van der Waals surface area contributed by atoms with Gasteiger partial charge in [0.25, 0.3) is 0 Å². The second kappa shape index (κ2) is 10.8. The normalized spacial score (nSPS) is 11.5. The zero-order valence-electron chi connectivity index (χ0n) is 25.1. The fourth-order valence-electron chi connectivity index (χ4n) is 7.07. The van der Waals surface area contributed by atoms with Crippen LogP contribution in [0.3, 0.4) is 0 Å². The van der Waals surface area contributed by atoms with Crippen molar-refractivity contribution in [2.75, 3.05) is 0 Å². The minimum atomic E-state index is 0.944. The molecule has 2 nitrogen and oxygen atoms in total. The Morgan fingerprint density at radius 2 is 0.978 bits per heavy atom. The van der Waals surface area contributed by atoms with Gasteiger partial charge in [0.15, 0.2) is 0 Å². The molecule has 214 valence electrons. The van der Waals surface area contributed by atoms with Crippen LogP contribution in [0.4, 0.5) is 0 Å². The summed E-state index contributed by atoms with van der Waals surface area (Å²) in [6.07, 6.45) is 5.62. The lowest BCUT2D eigenvalue weighted by Crippen LogP contribution is -1.93. The number of aromatic nitrogens is 2. The highest BCUT2D eigenvalue weighted by Crippen LogP contribution is 2.47. The van der Waals surface area contributed by atoms with E-state index in [1.54, 1.807) is 6.20 Å². The lowest BCUT2D eigenvalue weighted by Gasteiger charge is -2.20. The quantitative estimate of drug-likeness (QED) is 0.152. The first-order chi connectivity index (χ1) is 22.8. The largest absolute Gasteiger partial charge is 0.264 e. The predicted molar refractivity (Wildman–Crippen MR) is 194 cm³/mol. The van der Waals surface area contributed by atoms with Crippen molar-refractivity contribution in [2.45, 2.75) is 0 Å². The molecule has 0 atom stereocenters. The van der Waals surface area contributed by atoms with Gasteiger partial charge in [-0.05, 0) is 89.6 Å². The van der Waals surface area contributed by atoms with Crippen LogP contribution in [0.1, 0.15) is 0 Å². The first kappa shape index (κ1) is 26.3. The summed E-state index contributed by atoms with van der Waals surface area (Å²) in [5.74, 6) is 0. The summed E-state index contributed by atoms with van der Waals surface area (Å²) in [6.45, 7) is 0. The first-order valence-corrected chi connectivity index (χ1v) is 15.6. The Bertz CT molecular complexity index is 2550. The highest BCUT2D eigenvalue weighted by molar-refractivity contribution is 6.26. The lowest BCUT2D eigenvalue weighted by atomic mass is 9.83. The minimum Gasteiger partial charge on any atom is -0.264 e. The topological polar surface area (TPSA) is 25.8 Å². The van der Waals surface area contributed by atoms with Gasteiger partial charge in [-0.1, -0.05) is 127 Å². The minimum absolute atomic E-state index is 0.944. The van der Waals surface area contributed by atoms with Crippen molar-refractivity contribution in [1.82, 2.24) is 9.97 Å². The molecule has 2 heterocycles. The Morgan fingerprint density at radius 3 is 1.74 bits per heavy atom. The molecule has 0 unspecified atom stereocenters. The standard InChI is InChI=1S/C44H28N2/c1-2-11-29(12-3-1)43-37-18-8-9-19-38(37)44(40-25-30-13-4-5-15-34(30)35-16-6-7-17-36(35)40)39-22-20-31(26-41(39)43)42-23-21-33(28-46-42)32-14-10-24-45-27-32/h1-28H. The van der Waals surface area contributed by atoms with Crippen LogP contribution < -0.4 is 0 Å². The van der Waals surface area contributed by atoms with Crippen molar-refractivity contribution >= 4 is 43.1 Å². The molecule has 9 aromatic rings. The van der Waals surface area contributed by atoms with Gasteiger partial charge in [0.1, 0.15) is 0 Å². The predicted octanol–water partition coefficient (Wildman–Crippen LogP) is 11.8. The zero-order valence-corrected chi connectivity index (χ0v) is 25.1. The summed E-state index contributed by atoms with van der Waals surface area (Å²) in [5.41, 5.74) is 9.11. The van der Waals surface area contributed by atoms with Crippen molar-refractivity contribution in [3.05, 3.63) is 170 Å². The van der Waals surface area contributed by atoms with Crippen LogP contribution in [0.2, 0.25) is 0 Å². The van der Waals surface area contributed by atoms with E-state index in [1.807, 2.05) is 18.5 Å². The molecule has 2 heteroatoms. The Labute approximate surface area is 267 Å². The van der Waals surface area contributed by atoms with E-state index in [0.29, 0.717) is 0 Å². The Morgan fingerprint density at radius 1 is 0.348 bits per heavy atom. The highest BCUT2D eigenvalue weighted by Gasteiger charge is 2.19.